The quantitative estimate of drug-likeness (QED) is 0.342. The Bertz CT molecular complexity index is 1190. The van der Waals surface area contributed by atoms with Gasteiger partial charge in [-0.1, -0.05) is 24.3 Å². The fourth-order valence-corrected chi connectivity index (χ4v) is 4.13. The van der Waals surface area contributed by atoms with Gasteiger partial charge in [-0.15, -0.1) is 0 Å². The van der Waals surface area contributed by atoms with Crippen molar-refractivity contribution in [3.63, 3.8) is 0 Å². The molecule has 1 aliphatic rings. The van der Waals surface area contributed by atoms with Crippen molar-refractivity contribution >= 4 is 17.4 Å². The van der Waals surface area contributed by atoms with Gasteiger partial charge in [0.15, 0.2) is 0 Å². The van der Waals surface area contributed by atoms with Gasteiger partial charge < -0.3 is 14.9 Å². The van der Waals surface area contributed by atoms with Crippen LogP contribution in [0.2, 0.25) is 0 Å². The molecule has 1 amide bonds. The average Bonchev–Trinajstić information content (AvgIpc) is 3.32. The highest BCUT2D eigenvalue weighted by Gasteiger charge is 2.46. The molecule has 8 heteroatoms. The zero-order valence-corrected chi connectivity index (χ0v) is 19.0. The number of nitrogens with zero attached hydrogens (tertiary/aromatic N) is 5. The number of amides is 1. The minimum Gasteiger partial charge on any atom is -0.507 e. The van der Waals surface area contributed by atoms with Crippen LogP contribution in [-0.2, 0) is 9.59 Å². The molecule has 0 aliphatic carbocycles. The van der Waals surface area contributed by atoms with Gasteiger partial charge in [0, 0.05) is 12.7 Å². The number of aliphatic hydroxyl groups excluding tert-OH is 1. The minimum atomic E-state index is -0.757. The predicted molar refractivity (Wildman–Crippen MR) is 125 cm³/mol. The maximum Gasteiger partial charge on any atom is 0.295 e. The van der Waals surface area contributed by atoms with Crippen LogP contribution in [0.4, 0.5) is 0 Å². The number of para-hydroxylation sites is 1. The van der Waals surface area contributed by atoms with Gasteiger partial charge in [-0.05, 0) is 58.3 Å². The second-order valence-corrected chi connectivity index (χ2v) is 8.29. The molecule has 0 saturated carbocycles. The first kappa shape index (κ1) is 22.4. The monoisotopic (exact) mass is 445 g/mol. The van der Waals surface area contributed by atoms with Crippen LogP contribution in [0.1, 0.15) is 29.4 Å². The van der Waals surface area contributed by atoms with Crippen molar-refractivity contribution in [3.8, 4) is 5.69 Å². The van der Waals surface area contributed by atoms with E-state index in [1.54, 1.807) is 29.1 Å². The van der Waals surface area contributed by atoms with E-state index < -0.39 is 17.7 Å². The van der Waals surface area contributed by atoms with Crippen molar-refractivity contribution in [2.45, 2.75) is 19.4 Å². The first-order valence-corrected chi connectivity index (χ1v) is 10.8. The van der Waals surface area contributed by atoms with Crippen LogP contribution in [0.25, 0.3) is 11.4 Å². The molecule has 0 unspecified atom stereocenters. The third kappa shape index (κ3) is 4.29. The third-order valence-electron chi connectivity index (χ3n) is 5.78. The smallest absolute Gasteiger partial charge is 0.295 e. The number of carbonyl (C=O) groups is 2. The average molecular weight is 446 g/mol. The van der Waals surface area contributed by atoms with Crippen LogP contribution in [0.5, 0.6) is 0 Å². The van der Waals surface area contributed by atoms with Gasteiger partial charge in [0.2, 0.25) is 0 Å². The first-order valence-electron chi connectivity index (χ1n) is 10.8. The van der Waals surface area contributed by atoms with Gasteiger partial charge >= 0.3 is 0 Å². The van der Waals surface area contributed by atoms with Crippen LogP contribution in [0.3, 0.4) is 0 Å². The van der Waals surface area contributed by atoms with E-state index in [1.807, 2.05) is 56.3 Å². The van der Waals surface area contributed by atoms with Crippen molar-refractivity contribution in [2.75, 3.05) is 27.2 Å². The second-order valence-electron chi connectivity index (χ2n) is 8.29. The highest BCUT2D eigenvalue weighted by molar-refractivity contribution is 6.46. The summed E-state index contributed by atoms with van der Waals surface area (Å²) in [7, 11) is 3.91. The Kier molecular flexibility index (Phi) is 6.37. The summed E-state index contributed by atoms with van der Waals surface area (Å²) in [5.41, 5.74) is 2.48. The number of aromatic nitrogens is 3. The van der Waals surface area contributed by atoms with Gasteiger partial charge in [0.1, 0.15) is 11.8 Å². The molecule has 3 heterocycles. The number of rotatable bonds is 7. The largest absolute Gasteiger partial charge is 0.507 e. The molecule has 1 fully saturated rings. The van der Waals surface area contributed by atoms with E-state index >= 15 is 0 Å². The Balaban J connectivity index is 1.79. The summed E-state index contributed by atoms with van der Waals surface area (Å²) in [5.74, 6) is -1.57. The van der Waals surface area contributed by atoms with Crippen LogP contribution < -0.4 is 0 Å². The molecule has 1 aromatic carbocycles. The normalized spacial score (nSPS) is 17.8. The lowest BCUT2D eigenvalue weighted by Crippen LogP contribution is -2.32. The fraction of sp³-hybridized carbons (Fsp3) is 0.280. The van der Waals surface area contributed by atoms with E-state index in [0.29, 0.717) is 29.9 Å². The first-order chi connectivity index (χ1) is 15.9. The number of pyridine rings is 1. The molecule has 0 bridgehead atoms. The van der Waals surface area contributed by atoms with Crippen molar-refractivity contribution in [1.29, 1.82) is 0 Å². The molecule has 8 nitrogen and oxygen atoms in total. The fourth-order valence-electron chi connectivity index (χ4n) is 4.13. The summed E-state index contributed by atoms with van der Waals surface area (Å²) in [6, 6.07) is 14.1. The predicted octanol–water partition coefficient (Wildman–Crippen LogP) is 2.95. The Morgan fingerprint density at radius 1 is 1.09 bits per heavy atom. The number of carbonyl (C=O) groups excluding carboxylic acids is 2. The number of Topliss-reactive ketones (excluding diaryl/α,β-unsaturated/α-hetero) is 1. The number of hydrogen-bond donors (Lipinski definition) is 1. The molecular formula is C25H27N5O3. The molecule has 1 N–H and O–H groups in total. The van der Waals surface area contributed by atoms with Gasteiger partial charge in [-0.3, -0.25) is 14.6 Å². The third-order valence-corrected chi connectivity index (χ3v) is 5.78. The van der Waals surface area contributed by atoms with Gasteiger partial charge in [-0.2, -0.15) is 5.10 Å². The van der Waals surface area contributed by atoms with Crippen molar-refractivity contribution in [3.05, 3.63) is 83.4 Å². The van der Waals surface area contributed by atoms with Crippen molar-refractivity contribution in [1.82, 2.24) is 24.6 Å². The molecule has 1 aliphatic heterocycles. The number of hydrogen-bond acceptors (Lipinski definition) is 6. The number of benzene rings is 1. The molecule has 1 atom stereocenters. The lowest BCUT2D eigenvalue weighted by atomic mass is 9.98. The summed E-state index contributed by atoms with van der Waals surface area (Å²) in [6.45, 7) is 2.96. The minimum absolute atomic E-state index is 0.0410. The Labute approximate surface area is 192 Å². The number of likely N-dealkylation sites (tertiary alicyclic amines) is 1. The molecule has 3 aromatic rings. The van der Waals surface area contributed by atoms with Crippen molar-refractivity contribution in [2.24, 2.45) is 0 Å². The zero-order valence-electron chi connectivity index (χ0n) is 19.0. The van der Waals surface area contributed by atoms with Gasteiger partial charge in [-0.25, -0.2) is 4.68 Å². The molecule has 1 saturated heterocycles. The van der Waals surface area contributed by atoms with E-state index in [9.17, 15) is 14.7 Å². The number of aliphatic hydroxyl groups is 1. The van der Waals surface area contributed by atoms with Gasteiger partial charge in [0.25, 0.3) is 11.7 Å². The maximum atomic E-state index is 13.1. The highest BCUT2D eigenvalue weighted by atomic mass is 16.3. The summed E-state index contributed by atoms with van der Waals surface area (Å²) in [6.07, 6.45) is 3.83. The summed E-state index contributed by atoms with van der Waals surface area (Å²) >= 11 is 0. The highest BCUT2D eigenvalue weighted by Crippen LogP contribution is 2.39. The molecule has 0 spiro atoms. The lowest BCUT2D eigenvalue weighted by molar-refractivity contribution is -0.140. The molecule has 33 heavy (non-hydrogen) atoms. The van der Waals surface area contributed by atoms with E-state index in [1.165, 1.54) is 11.1 Å². The van der Waals surface area contributed by atoms with Crippen LogP contribution in [-0.4, -0.2) is 68.5 Å². The zero-order chi connectivity index (χ0) is 23.5. The molecule has 2 aromatic heterocycles. The van der Waals surface area contributed by atoms with Crippen LogP contribution in [0, 0.1) is 6.92 Å². The summed E-state index contributed by atoms with van der Waals surface area (Å²) in [4.78, 5) is 34.1. The van der Waals surface area contributed by atoms with Gasteiger partial charge in [0.05, 0.1) is 34.4 Å². The van der Waals surface area contributed by atoms with Crippen LogP contribution in [0.15, 0.2) is 66.5 Å². The molecule has 0 radical (unpaired) electrons. The summed E-state index contributed by atoms with van der Waals surface area (Å²) < 4.78 is 1.69. The van der Waals surface area contributed by atoms with E-state index in [-0.39, 0.29) is 11.3 Å². The molecule has 170 valence electrons. The number of ketones is 1. The SMILES string of the molecule is Cc1c(C(O)=C2C(=O)C(=O)N(CCCN(C)C)[C@@H]2c2ccccn2)cnn1-c1ccccc1. The Hall–Kier alpha value is -3.78. The Morgan fingerprint density at radius 2 is 1.82 bits per heavy atom. The van der Waals surface area contributed by atoms with E-state index in [4.69, 9.17) is 0 Å². The molecular weight excluding hydrogens is 418 g/mol. The standard InChI is InChI=1S/C25H27N5O3/c1-17-19(16-27-30(17)18-10-5-4-6-11-18)23(31)21-22(20-12-7-8-13-26-20)29(25(33)24(21)32)15-9-14-28(2)3/h4-8,10-13,16,22,31H,9,14-15H2,1-3H3/t22-/m1/s1. The Morgan fingerprint density at radius 3 is 2.48 bits per heavy atom. The van der Waals surface area contributed by atoms with Crippen molar-refractivity contribution < 1.29 is 14.7 Å². The summed E-state index contributed by atoms with van der Waals surface area (Å²) in [5, 5.41) is 15.7. The maximum absolute atomic E-state index is 13.1. The topological polar surface area (TPSA) is 91.6 Å². The molecule has 4 rings (SSSR count). The van der Waals surface area contributed by atoms with Crippen LogP contribution >= 0.6 is 0 Å². The van der Waals surface area contributed by atoms with E-state index in [0.717, 1.165) is 12.2 Å². The second kappa shape index (κ2) is 9.38. The lowest BCUT2D eigenvalue weighted by Gasteiger charge is -2.25. The van der Waals surface area contributed by atoms with E-state index in [2.05, 4.69) is 10.1 Å².